The Bertz CT molecular complexity index is 1350. The standard InChI is InChI=1S/C26H33FN10O2/c27-19-14-29-8-7-20(19)34-25(38)22-15-30-24-21(31-16-1-2-16)13-23(35-37(22)24)32-17-3-5-18(6-4-17)33-26(39)36-11-9-28-10-12-36/h7-8,13-18,28,31H,1-6,9-12H2,(H,32,35)(H,33,39)(H,29,34,38)/t17-,18-. The number of anilines is 3. The molecule has 1 aliphatic heterocycles. The molecule has 0 atom stereocenters. The molecule has 4 heterocycles. The lowest BCUT2D eigenvalue weighted by molar-refractivity contribution is 0.102. The second-order valence-electron chi connectivity index (χ2n) is 10.4. The minimum Gasteiger partial charge on any atom is -0.379 e. The molecule has 0 unspecified atom stereocenters. The van der Waals surface area contributed by atoms with E-state index in [1.165, 1.54) is 23.0 Å². The molecule has 1 saturated heterocycles. The Labute approximate surface area is 225 Å². The van der Waals surface area contributed by atoms with E-state index in [0.717, 1.165) is 76.6 Å². The molecule has 0 aromatic carbocycles. The number of hydrogen-bond donors (Lipinski definition) is 5. The van der Waals surface area contributed by atoms with Gasteiger partial charge >= 0.3 is 6.03 Å². The molecule has 12 nitrogen and oxygen atoms in total. The minimum atomic E-state index is -0.620. The van der Waals surface area contributed by atoms with Gasteiger partial charge in [0.15, 0.2) is 17.2 Å². The summed E-state index contributed by atoms with van der Waals surface area (Å²) in [6, 6.07) is 4.07. The molecule has 3 aromatic rings. The lowest BCUT2D eigenvalue weighted by Gasteiger charge is -2.33. The number of nitrogens with one attached hydrogen (secondary N) is 5. The lowest BCUT2D eigenvalue weighted by atomic mass is 9.91. The number of urea groups is 1. The Morgan fingerprint density at radius 3 is 2.41 bits per heavy atom. The molecule has 13 heteroatoms. The minimum absolute atomic E-state index is 0.0216. The number of piperazine rings is 1. The number of rotatable bonds is 7. The average Bonchev–Trinajstić information content (AvgIpc) is 3.66. The van der Waals surface area contributed by atoms with Gasteiger partial charge in [-0.2, -0.15) is 0 Å². The SMILES string of the molecule is O=C(Nc1ccncc1F)c1cnc2c(NC3CC3)cc(N[C@H]3CC[C@H](NC(=O)N4CCNCC4)CC3)nn12. The molecular weight excluding hydrogens is 503 g/mol. The van der Waals surface area contributed by atoms with Crippen molar-refractivity contribution in [2.45, 2.75) is 56.7 Å². The van der Waals surface area contributed by atoms with Crippen LogP contribution in [-0.4, -0.2) is 80.7 Å². The van der Waals surface area contributed by atoms with Crippen LogP contribution in [0.3, 0.4) is 0 Å². The van der Waals surface area contributed by atoms with Crippen molar-refractivity contribution in [3.05, 3.63) is 42.2 Å². The van der Waals surface area contributed by atoms with Crippen molar-refractivity contribution < 1.29 is 14.0 Å². The van der Waals surface area contributed by atoms with Crippen LogP contribution in [0, 0.1) is 5.82 Å². The van der Waals surface area contributed by atoms with Crippen LogP contribution < -0.4 is 26.6 Å². The molecule has 0 bridgehead atoms. The first-order valence-corrected chi connectivity index (χ1v) is 13.6. The number of carbonyl (C=O) groups is 2. The zero-order valence-corrected chi connectivity index (χ0v) is 21.6. The third-order valence-corrected chi connectivity index (χ3v) is 7.47. The Balaban J connectivity index is 1.14. The fourth-order valence-electron chi connectivity index (χ4n) is 5.14. The van der Waals surface area contributed by atoms with E-state index in [2.05, 4.69) is 41.7 Å². The fraction of sp³-hybridized carbons (Fsp3) is 0.500. The van der Waals surface area contributed by atoms with Crippen LogP contribution in [0.1, 0.15) is 49.0 Å². The van der Waals surface area contributed by atoms with Crippen LogP contribution >= 0.6 is 0 Å². The third-order valence-electron chi connectivity index (χ3n) is 7.47. The van der Waals surface area contributed by atoms with Gasteiger partial charge in [-0.05, 0) is 44.6 Å². The van der Waals surface area contributed by atoms with E-state index >= 15 is 0 Å². The van der Waals surface area contributed by atoms with Crippen molar-refractivity contribution in [3.63, 3.8) is 0 Å². The predicted molar refractivity (Wildman–Crippen MR) is 144 cm³/mol. The first-order chi connectivity index (χ1) is 19.0. The predicted octanol–water partition coefficient (Wildman–Crippen LogP) is 2.43. The molecule has 3 fully saturated rings. The van der Waals surface area contributed by atoms with E-state index < -0.39 is 11.7 Å². The number of aromatic nitrogens is 4. The van der Waals surface area contributed by atoms with Crippen molar-refractivity contribution in [1.82, 2.24) is 35.1 Å². The molecule has 6 rings (SSSR count). The highest BCUT2D eigenvalue weighted by Gasteiger charge is 2.27. The van der Waals surface area contributed by atoms with Gasteiger partial charge in [-0.25, -0.2) is 18.7 Å². The van der Waals surface area contributed by atoms with E-state index in [1.807, 2.05) is 11.0 Å². The second-order valence-corrected chi connectivity index (χ2v) is 10.4. The molecule has 2 saturated carbocycles. The number of carbonyl (C=O) groups excluding carboxylic acids is 2. The molecule has 0 spiro atoms. The highest BCUT2D eigenvalue weighted by atomic mass is 19.1. The second kappa shape index (κ2) is 11.0. The van der Waals surface area contributed by atoms with Gasteiger partial charge in [-0.1, -0.05) is 0 Å². The van der Waals surface area contributed by atoms with Gasteiger partial charge in [-0.15, -0.1) is 5.10 Å². The highest BCUT2D eigenvalue weighted by Crippen LogP contribution is 2.30. The normalized spacial score (nSPS) is 21.4. The van der Waals surface area contributed by atoms with Gasteiger partial charge in [0, 0.05) is 56.6 Å². The molecule has 0 radical (unpaired) electrons. The average molecular weight is 537 g/mol. The fourth-order valence-corrected chi connectivity index (χ4v) is 5.14. The molecule has 5 N–H and O–H groups in total. The first kappa shape index (κ1) is 25.3. The zero-order chi connectivity index (χ0) is 26.8. The quantitative estimate of drug-likeness (QED) is 0.310. The number of nitrogens with zero attached hydrogens (tertiary/aromatic N) is 5. The lowest BCUT2D eigenvalue weighted by Crippen LogP contribution is -2.53. The van der Waals surface area contributed by atoms with Crippen LogP contribution in [0.25, 0.3) is 5.65 Å². The van der Waals surface area contributed by atoms with Gasteiger partial charge in [0.05, 0.1) is 23.8 Å². The summed E-state index contributed by atoms with van der Waals surface area (Å²) in [5, 5.41) is 20.7. The van der Waals surface area contributed by atoms with Crippen molar-refractivity contribution in [2.75, 3.05) is 42.1 Å². The maximum absolute atomic E-state index is 14.1. The Kier molecular flexibility index (Phi) is 7.14. The maximum Gasteiger partial charge on any atom is 0.317 e. The van der Waals surface area contributed by atoms with E-state index in [4.69, 9.17) is 0 Å². The number of amides is 3. The van der Waals surface area contributed by atoms with Gasteiger partial charge in [0.2, 0.25) is 0 Å². The molecule has 39 heavy (non-hydrogen) atoms. The van der Waals surface area contributed by atoms with Gasteiger partial charge in [-0.3, -0.25) is 9.78 Å². The summed E-state index contributed by atoms with van der Waals surface area (Å²) in [5.74, 6) is -0.512. The molecule has 3 amide bonds. The number of fused-ring (bicyclic) bond motifs is 1. The van der Waals surface area contributed by atoms with Crippen molar-refractivity contribution >= 4 is 34.8 Å². The van der Waals surface area contributed by atoms with E-state index in [-0.39, 0.29) is 29.5 Å². The monoisotopic (exact) mass is 536 g/mol. The molecule has 3 aliphatic rings. The van der Waals surface area contributed by atoms with E-state index in [1.54, 1.807) is 0 Å². The van der Waals surface area contributed by atoms with E-state index in [9.17, 15) is 14.0 Å². The Morgan fingerprint density at radius 1 is 0.949 bits per heavy atom. The number of halogens is 1. The van der Waals surface area contributed by atoms with Gasteiger partial charge < -0.3 is 31.5 Å². The number of pyridine rings is 1. The highest BCUT2D eigenvalue weighted by molar-refractivity contribution is 6.03. The van der Waals surface area contributed by atoms with Crippen LogP contribution in [0.2, 0.25) is 0 Å². The van der Waals surface area contributed by atoms with Gasteiger partial charge in [0.1, 0.15) is 5.82 Å². The summed E-state index contributed by atoms with van der Waals surface area (Å²) >= 11 is 0. The zero-order valence-electron chi connectivity index (χ0n) is 21.6. The molecule has 2 aliphatic carbocycles. The number of hydrogen-bond acceptors (Lipinski definition) is 8. The van der Waals surface area contributed by atoms with Crippen molar-refractivity contribution in [2.24, 2.45) is 0 Å². The van der Waals surface area contributed by atoms with Gasteiger partial charge in [0.25, 0.3) is 5.91 Å². The molecule has 206 valence electrons. The molecule has 3 aromatic heterocycles. The first-order valence-electron chi connectivity index (χ1n) is 13.6. The Morgan fingerprint density at radius 2 is 1.67 bits per heavy atom. The summed E-state index contributed by atoms with van der Waals surface area (Å²) in [4.78, 5) is 35.7. The summed E-state index contributed by atoms with van der Waals surface area (Å²) in [6.45, 7) is 3.14. The third kappa shape index (κ3) is 5.87. The van der Waals surface area contributed by atoms with Crippen LogP contribution in [0.5, 0.6) is 0 Å². The van der Waals surface area contributed by atoms with Crippen LogP contribution in [0.15, 0.2) is 30.7 Å². The van der Waals surface area contributed by atoms with Crippen molar-refractivity contribution in [1.29, 1.82) is 0 Å². The maximum atomic E-state index is 14.1. The van der Waals surface area contributed by atoms with E-state index in [0.29, 0.717) is 17.5 Å². The Hall–Kier alpha value is -4.00. The van der Waals surface area contributed by atoms with Crippen molar-refractivity contribution in [3.8, 4) is 0 Å². The summed E-state index contributed by atoms with van der Waals surface area (Å²) < 4.78 is 15.6. The van der Waals surface area contributed by atoms with Crippen LogP contribution in [-0.2, 0) is 0 Å². The molecular formula is C26H33FN10O2. The summed E-state index contributed by atoms with van der Waals surface area (Å²) in [6.07, 6.45) is 9.59. The largest absolute Gasteiger partial charge is 0.379 e. The topological polar surface area (TPSA) is 141 Å². The summed E-state index contributed by atoms with van der Waals surface area (Å²) in [5.41, 5.74) is 1.56. The number of imidazole rings is 1. The summed E-state index contributed by atoms with van der Waals surface area (Å²) in [7, 11) is 0. The smallest absolute Gasteiger partial charge is 0.317 e. The van der Waals surface area contributed by atoms with Crippen LogP contribution in [0.4, 0.5) is 26.4 Å².